The first-order valence-corrected chi connectivity index (χ1v) is 8.07. The van der Waals surface area contributed by atoms with E-state index in [9.17, 15) is 4.79 Å². The van der Waals surface area contributed by atoms with Crippen LogP contribution in [0.15, 0.2) is 53.3 Å². The van der Waals surface area contributed by atoms with Crippen LogP contribution in [0, 0.1) is 0 Å². The molecule has 1 aromatic heterocycles. The molecule has 24 heavy (non-hydrogen) atoms. The molecular weight excluding hydrogens is 328 g/mol. The van der Waals surface area contributed by atoms with Crippen molar-refractivity contribution in [2.45, 2.75) is 12.7 Å². The summed E-state index contributed by atoms with van der Waals surface area (Å²) in [6, 6.07) is 14.4. The number of likely N-dealkylation sites (tertiary alicyclic amines) is 1. The second kappa shape index (κ2) is 6.26. The van der Waals surface area contributed by atoms with Gasteiger partial charge in [-0.3, -0.25) is 4.79 Å². The quantitative estimate of drug-likeness (QED) is 0.728. The smallest absolute Gasteiger partial charge is 0.277 e. The van der Waals surface area contributed by atoms with Crippen LogP contribution in [-0.2, 0) is 11.3 Å². The maximum atomic E-state index is 12.2. The molecule has 2 heterocycles. The molecule has 1 saturated heterocycles. The van der Waals surface area contributed by atoms with Crippen LogP contribution in [0.1, 0.15) is 16.1 Å². The van der Waals surface area contributed by atoms with Gasteiger partial charge in [-0.15, -0.1) is 0 Å². The van der Waals surface area contributed by atoms with Crippen LogP contribution < -0.4 is 0 Å². The Balaban J connectivity index is 1.35. The Hall–Kier alpha value is -2.37. The van der Waals surface area contributed by atoms with Crippen LogP contribution in [0.2, 0.25) is 5.02 Å². The van der Waals surface area contributed by atoms with Crippen LogP contribution >= 0.6 is 11.6 Å². The Labute approximate surface area is 143 Å². The van der Waals surface area contributed by atoms with Gasteiger partial charge in [-0.2, -0.15) is 0 Å². The molecule has 5 nitrogen and oxygen atoms in total. The molecule has 0 aliphatic carbocycles. The molecule has 0 unspecified atom stereocenters. The molecule has 122 valence electrons. The molecule has 6 heteroatoms. The Morgan fingerprint density at radius 2 is 2.04 bits per heavy atom. The van der Waals surface area contributed by atoms with Gasteiger partial charge in [0.15, 0.2) is 5.69 Å². The third kappa shape index (κ3) is 2.77. The number of rotatable bonds is 4. The van der Waals surface area contributed by atoms with Crippen molar-refractivity contribution in [3.63, 3.8) is 0 Å². The van der Waals surface area contributed by atoms with E-state index >= 15 is 0 Å². The van der Waals surface area contributed by atoms with Crippen molar-refractivity contribution in [2.75, 3.05) is 13.1 Å². The van der Waals surface area contributed by atoms with Gasteiger partial charge in [0.2, 0.25) is 0 Å². The fourth-order valence-corrected chi connectivity index (χ4v) is 3.01. The summed E-state index contributed by atoms with van der Waals surface area (Å²) in [7, 11) is 0. The van der Waals surface area contributed by atoms with Crippen molar-refractivity contribution >= 4 is 28.3 Å². The number of amides is 1. The summed E-state index contributed by atoms with van der Waals surface area (Å²) in [4.78, 5) is 13.8. The van der Waals surface area contributed by atoms with Crippen LogP contribution in [0.5, 0.6) is 0 Å². The number of benzene rings is 2. The zero-order valence-electron chi connectivity index (χ0n) is 12.8. The standard InChI is InChI=1S/C18H15ClN2O3/c19-16-11-24-20-17(16)18(22)21-8-14(9-21)23-10-13-6-3-5-12-4-1-2-7-15(12)13/h1-7,11,14H,8-10H2. The average molecular weight is 343 g/mol. The van der Waals surface area contributed by atoms with E-state index in [-0.39, 0.29) is 22.7 Å². The van der Waals surface area contributed by atoms with Crippen molar-refractivity contribution in [3.05, 3.63) is 65.0 Å². The lowest BCUT2D eigenvalue weighted by atomic mass is 10.1. The minimum absolute atomic E-state index is 0.0265. The van der Waals surface area contributed by atoms with Gasteiger partial charge >= 0.3 is 0 Å². The molecule has 1 aliphatic heterocycles. The highest BCUT2D eigenvalue weighted by Crippen LogP contribution is 2.23. The van der Waals surface area contributed by atoms with Crippen molar-refractivity contribution in [3.8, 4) is 0 Å². The molecule has 0 N–H and O–H groups in total. The highest BCUT2D eigenvalue weighted by molar-refractivity contribution is 6.33. The summed E-state index contributed by atoms with van der Waals surface area (Å²) in [5, 5.41) is 6.26. The van der Waals surface area contributed by atoms with Gasteiger partial charge < -0.3 is 14.2 Å². The van der Waals surface area contributed by atoms with Crippen molar-refractivity contribution in [1.82, 2.24) is 10.1 Å². The second-order valence-corrected chi connectivity index (χ2v) is 6.20. The summed E-state index contributed by atoms with van der Waals surface area (Å²) < 4.78 is 10.6. The van der Waals surface area contributed by atoms with Gasteiger partial charge in [-0.25, -0.2) is 0 Å². The van der Waals surface area contributed by atoms with Gasteiger partial charge in [0.25, 0.3) is 5.91 Å². The summed E-state index contributed by atoms with van der Waals surface area (Å²) >= 11 is 5.86. The van der Waals surface area contributed by atoms with E-state index in [1.807, 2.05) is 18.2 Å². The lowest BCUT2D eigenvalue weighted by Gasteiger charge is -2.38. The number of hydrogen-bond acceptors (Lipinski definition) is 4. The number of carbonyl (C=O) groups excluding carboxylic acids is 1. The number of aromatic nitrogens is 1. The van der Waals surface area contributed by atoms with Crippen molar-refractivity contribution < 1.29 is 14.1 Å². The third-order valence-electron chi connectivity index (χ3n) is 4.22. The summed E-state index contributed by atoms with van der Waals surface area (Å²) in [6.07, 6.45) is 1.28. The minimum atomic E-state index is -0.223. The van der Waals surface area contributed by atoms with Gasteiger partial charge in [0, 0.05) is 13.1 Å². The fourth-order valence-electron chi connectivity index (χ4n) is 2.85. The largest absolute Gasteiger partial charge is 0.370 e. The van der Waals surface area contributed by atoms with E-state index in [4.69, 9.17) is 20.9 Å². The number of nitrogens with zero attached hydrogens (tertiary/aromatic N) is 2. The van der Waals surface area contributed by atoms with Gasteiger partial charge in [-0.05, 0) is 16.3 Å². The molecule has 0 bridgehead atoms. The van der Waals surface area contributed by atoms with Crippen LogP contribution in [0.3, 0.4) is 0 Å². The van der Waals surface area contributed by atoms with E-state index < -0.39 is 0 Å². The molecule has 1 aliphatic rings. The van der Waals surface area contributed by atoms with E-state index in [2.05, 4.69) is 29.4 Å². The Kier molecular flexibility index (Phi) is 3.96. The lowest BCUT2D eigenvalue weighted by molar-refractivity contribution is -0.0502. The second-order valence-electron chi connectivity index (χ2n) is 5.79. The average Bonchev–Trinajstić information content (AvgIpc) is 2.99. The van der Waals surface area contributed by atoms with Crippen LogP contribution in [-0.4, -0.2) is 35.2 Å². The molecule has 1 amide bonds. The topological polar surface area (TPSA) is 55.6 Å². The van der Waals surface area contributed by atoms with Crippen molar-refractivity contribution in [1.29, 1.82) is 0 Å². The summed E-state index contributed by atoms with van der Waals surface area (Å²) in [5.74, 6) is -0.223. The number of halogens is 1. The lowest BCUT2D eigenvalue weighted by Crippen LogP contribution is -2.54. The van der Waals surface area contributed by atoms with Gasteiger partial charge in [0.1, 0.15) is 11.3 Å². The highest BCUT2D eigenvalue weighted by atomic mass is 35.5. The maximum Gasteiger partial charge on any atom is 0.277 e. The molecule has 1 fully saturated rings. The van der Waals surface area contributed by atoms with E-state index in [0.717, 1.165) is 5.56 Å². The van der Waals surface area contributed by atoms with Crippen LogP contribution in [0.25, 0.3) is 10.8 Å². The van der Waals surface area contributed by atoms with Gasteiger partial charge in [0.05, 0.1) is 12.7 Å². The first-order chi connectivity index (χ1) is 11.7. The highest BCUT2D eigenvalue weighted by Gasteiger charge is 2.34. The van der Waals surface area contributed by atoms with E-state index in [1.165, 1.54) is 17.0 Å². The predicted molar refractivity (Wildman–Crippen MR) is 89.9 cm³/mol. The molecule has 4 rings (SSSR count). The first-order valence-electron chi connectivity index (χ1n) is 7.70. The zero-order chi connectivity index (χ0) is 16.5. The first kappa shape index (κ1) is 15.2. The molecule has 0 spiro atoms. The fraction of sp³-hybridized carbons (Fsp3) is 0.222. The number of hydrogen-bond donors (Lipinski definition) is 0. The SMILES string of the molecule is O=C(c1nocc1Cl)N1CC(OCc2cccc3ccccc23)C1. The molecule has 0 radical (unpaired) electrons. The molecule has 2 aromatic carbocycles. The predicted octanol–water partition coefficient (Wildman–Crippen LogP) is 3.52. The van der Waals surface area contributed by atoms with E-state index in [0.29, 0.717) is 19.7 Å². The third-order valence-corrected chi connectivity index (χ3v) is 4.49. The van der Waals surface area contributed by atoms with Crippen molar-refractivity contribution in [2.24, 2.45) is 0 Å². The molecule has 3 aromatic rings. The zero-order valence-corrected chi connectivity index (χ0v) is 13.6. The monoisotopic (exact) mass is 342 g/mol. The number of ether oxygens (including phenoxy) is 1. The van der Waals surface area contributed by atoms with E-state index in [1.54, 1.807) is 4.90 Å². The Morgan fingerprint density at radius 3 is 2.83 bits per heavy atom. The number of carbonyl (C=O) groups is 1. The maximum absolute atomic E-state index is 12.2. The molecule has 0 saturated carbocycles. The summed E-state index contributed by atoms with van der Waals surface area (Å²) in [5.41, 5.74) is 1.31. The van der Waals surface area contributed by atoms with Crippen LogP contribution in [0.4, 0.5) is 0 Å². The molecular formula is C18H15ClN2O3. The minimum Gasteiger partial charge on any atom is -0.370 e. The Bertz CT molecular complexity index is 881. The normalized spacial score (nSPS) is 14.8. The number of fused-ring (bicyclic) bond motifs is 1. The molecule has 0 atom stereocenters. The summed E-state index contributed by atoms with van der Waals surface area (Å²) in [6.45, 7) is 1.60. The Morgan fingerprint density at radius 1 is 1.25 bits per heavy atom. The van der Waals surface area contributed by atoms with Gasteiger partial charge in [-0.1, -0.05) is 59.2 Å².